The molecule has 2 aromatic carbocycles. The van der Waals surface area contributed by atoms with E-state index in [9.17, 15) is 18.0 Å². The van der Waals surface area contributed by atoms with E-state index in [1.807, 2.05) is 0 Å². The predicted octanol–water partition coefficient (Wildman–Crippen LogP) is 2.70. The van der Waals surface area contributed by atoms with Crippen molar-refractivity contribution in [2.24, 2.45) is 0 Å². The van der Waals surface area contributed by atoms with Crippen molar-refractivity contribution in [1.82, 2.24) is 0 Å². The van der Waals surface area contributed by atoms with E-state index in [0.717, 1.165) is 12.7 Å². The molecule has 1 heterocycles. The molecule has 0 spiro atoms. The first kappa shape index (κ1) is 20.9. The topological polar surface area (TPSA) is 108 Å². The third-order valence-electron chi connectivity index (χ3n) is 3.96. The molecule has 29 heavy (non-hydrogen) atoms. The molecular weight excluding hydrogens is 422 g/mol. The summed E-state index contributed by atoms with van der Waals surface area (Å²) in [5.41, 5.74) is 0.311. The van der Waals surface area contributed by atoms with Crippen LogP contribution in [-0.2, 0) is 19.4 Å². The highest BCUT2D eigenvalue weighted by atomic mass is 35.5. The van der Waals surface area contributed by atoms with E-state index in [-0.39, 0.29) is 21.2 Å². The van der Waals surface area contributed by atoms with Crippen LogP contribution in [0.15, 0.2) is 41.3 Å². The highest BCUT2D eigenvalue weighted by molar-refractivity contribution is 7.90. The second-order valence-electron chi connectivity index (χ2n) is 6.25. The van der Waals surface area contributed by atoms with Gasteiger partial charge in [0.1, 0.15) is 0 Å². The standard InChI is InChI=1S/C19H18ClNO7S/c1-29(24,25)13-4-5-14(20)15(10-13)21-18(22)11-28-19(23)12-3-6-16-17(9-12)27-8-2-7-26-16/h3-6,9-10H,2,7-8,11H2,1H3,(H,21,22). The maximum Gasteiger partial charge on any atom is 0.338 e. The number of halogens is 1. The van der Waals surface area contributed by atoms with E-state index < -0.39 is 28.3 Å². The minimum Gasteiger partial charge on any atom is -0.490 e. The Morgan fingerprint density at radius 1 is 1.10 bits per heavy atom. The lowest BCUT2D eigenvalue weighted by Gasteiger charge is -2.11. The van der Waals surface area contributed by atoms with Crippen LogP contribution in [0, 0.1) is 0 Å². The Bertz CT molecular complexity index is 1050. The van der Waals surface area contributed by atoms with Gasteiger partial charge in [-0.05, 0) is 36.4 Å². The van der Waals surface area contributed by atoms with E-state index in [0.29, 0.717) is 24.7 Å². The number of rotatable bonds is 5. The van der Waals surface area contributed by atoms with Crippen LogP contribution in [0.3, 0.4) is 0 Å². The number of benzene rings is 2. The number of carbonyl (C=O) groups excluding carboxylic acids is 2. The highest BCUT2D eigenvalue weighted by Gasteiger charge is 2.17. The monoisotopic (exact) mass is 439 g/mol. The molecule has 1 aliphatic rings. The molecule has 2 aromatic rings. The van der Waals surface area contributed by atoms with Gasteiger partial charge in [0, 0.05) is 12.7 Å². The van der Waals surface area contributed by atoms with E-state index in [1.54, 1.807) is 6.07 Å². The van der Waals surface area contributed by atoms with Crippen molar-refractivity contribution < 1.29 is 32.2 Å². The zero-order chi connectivity index (χ0) is 21.0. The van der Waals surface area contributed by atoms with E-state index in [4.69, 9.17) is 25.8 Å². The molecule has 0 radical (unpaired) electrons. The minimum absolute atomic E-state index is 0.00129. The van der Waals surface area contributed by atoms with Gasteiger partial charge in [-0.1, -0.05) is 11.6 Å². The number of fused-ring (bicyclic) bond motifs is 1. The highest BCUT2D eigenvalue weighted by Crippen LogP contribution is 2.30. The molecule has 1 N–H and O–H groups in total. The van der Waals surface area contributed by atoms with Crippen LogP contribution in [0.2, 0.25) is 5.02 Å². The first-order valence-corrected chi connectivity index (χ1v) is 10.9. The number of hydrogen-bond acceptors (Lipinski definition) is 7. The fraction of sp³-hybridized carbons (Fsp3) is 0.263. The summed E-state index contributed by atoms with van der Waals surface area (Å²) in [7, 11) is -3.47. The number of amides is 1. The molecule has 0 aromatic heterocycles. The molecule has 1 amide bonds. The smallest absolute Gasteiger partial charge is 0.338 e. The lowest BCUT2D eigenvalue weighted by molar-refractivity contribution is -0.119. The maximum atomic E-state index is 12.2. The largest absolute Gasteiger partial charge is 0.490 e. The van der Waals surface area contributed by atoms with Crippen molar-refractivity contribution in [3.8, 4) is 11.5 Å². The van der Waals surface area contributed by atoms with Gasteiger partial charge in [-0.15, -0.1) is 0 Å². The van der Waals surface area contributed by atoms with Crippen LogP contribution >= 0.6 is 11.6 Å². The first-order valence-electron chi connectivity index (χ1n) is 8.60. The van der Waals surface area contributed by atoms with Crippen LogP contribution in [-0.4, -0.2) is 46.4 Å². The second-order valence-corrected chi connectivity index (χ2v) is 8.67. The normalized spacial score (nSPS) is 13.3. The minimum atomic E-state index is -3.47. The van der Waals surface area contributed by atoms with Crippen molar-refractivity contribution >= 4 is 39.0 Å². The van der Waals surface area contributed by atoms with Crippen LogP contribution < -0.4 is 14.8 Å². The van der Waals surface area contributed by atoms with Crippen molar-refractivity contribution in [1.29, 1.82) is 0 Å². The van der Waals surface area contributed by atoms with Crippen LogP contribution in [0.25, 0.3) is 0 Å². The van der Waals surface area contributed by atoms with Crippen LogP contribution in [0.1, 0.15) is 16.8 Å². The molecule has 0 saturated heterocycles. The molecule has 0 atom stereocenters. The number of esters is 1. The van der Waals surface area contributed by atoms with Gasteiger partial charge >= 0.3 is 5.97 Å². The van der Waals surface area contributed by atoms with E-state index in [2.05, 4.69) is 5.32 Å². The molecule has 3 rings (SSSR count). The van der Waals surface area contributed by atoms with Gasteiger partial charge in [0.25, 0.3) is 5.91 Å². The molecule has 0 saturated carbocycles. The number of anilines is 1. The number of sulfone groups is 1. The van der Waals surface area contributed by atoms with Gasteiger partial charge in [-0.25, -0.2) is 13.2 Å². The third-order valence-corrected chi connectivity index (χ3v) is 5.40. The molecule has 0 fully saturated rings. The van der Waals surface area contributed by atoms with Gasteiger partial charge in [0.05, 0.1) is 34.4 Å². The SMILES string of the molecule is CS(=O)(=O)c1ccc(Cl)c(NC(=O)COC(=O)c2ccc3c(c2)OCCCO3)c1. The number of carbonyl (C=O) groups is 2. The van der Waals surface area contributed by atoms with E-state index >= 15 is 0 Å². The lowest BCUT2D eigenvalue weighted by atomic mass is 10.2. The number of nitrogens with one attached hydrogen (secondary N) is 1. The Labute approximate surface area is 172 Å². The Morgan fingerprint density at radius 2 is 1.83 bits per heavy atom. The molecule has 0 unspecified atom stereocenters. The van der Waals surface area contributed by atoms with E-state index in [1.165, 1.54) is 30.3 Å². The number of ether oxygens (including phenoxy) is 3. The second kappa shape index (κ2) is 8.71. The van der Waals surface area contributed by atoms with Crippen molar-refractivity contribution in [2.75, 3.05) is 31.4 Å². The van der Waals surface area contributed by atoms with Crippen LogP contribution in [0.5, 0.6) is 11.5 Å². The average Bonchev–Trinajstić information content (AvgIpc) is 2.91. The zero-order valence-corrected chi connectivity index (χ0v) is 17.0. The molecule has 0 aliphatic carbocycles. The lowest BCUT2D eigenvalue weighted by Crippen LogP contribution is -2.21. The van der Waals surface area contributed by atoms with Crippen molar-refractivity contribution in [3.63, 3.8) is 0 Å². The van der Waals surface area contributed by atoms with Crippen molar-refractivity contribution in [2.45, 2.75) is 11.3 Å². The summed E-state index contributed by atoms with van der Waals surface area (Å²) >= 11 is 5.99. The molecule has 1 aliphatic heterocycles. The summed E-state index contributed by atoms with van der Waals surface area (Å²) in [6.07, 6.45) is 1.77. The van der Waals surface area contributed by atoms with Gasteiger partial charge in [-0.2, -0.15) is 0 Å². The summed E-state index contributed by atoms with van der Waals surface area (Å²) < 4.78 is 39.3. The molecule has 154 valence electrons. The fourth-order valence-electron chi connectivity index (χ4n) is 2.52. The molecular formula is C19H18ClNO7S. The van der Waals surface area contributed by atoms with Gasteiger partial charge in [0.2, 0.25) is 0 Å². The van der Waals surface area contributed by atoms with Gasteiger partial charge in [-0.3, -0.25) is 4.79 Å². The zero-order valence-electron chi connectivity index (χ0n) is 15.4. The summed E-state index contributed by atoms with van der Waals surface area (Å²) in [6.45, 7) is 0.425. The Morgan fingerprint density at radius 3 is 2.55 bits per heavy atom. The summed E-state index contributed by atoms with van der Waals surface area (Å²) in [4.78, 5) is 24.3. The third kappa shape index (κ3) is 5.39. The van der Waals surface area contributed by atoms with Gasteiger partial charge in [0.15, 0.2) is 27.9 Å². The molecule has 10 heteroatoms. The summed E-state index contributed by atoms with van der Waals surface area (Å²) in [6, 6.07) is 8.54. The molecule has 0 bridgehead atoms. The van der Waals surface area contributed by atoms with Crippen molar-refractivity contribution in [3.05, 3.63) is 47.0 Å². The predicted molar refractivity (Wildman–Crippen MR) is 106 cm³/mol. The quantitative estimate of drug-likeness (QED) is 0.713. The maximum absolute atomic E-state index is 12.2. The Balaban J connectivity index is 1.62. The Kier molecular flexibility index (Phi) is 6.29. The van der Waals surface area contributed by atoms with Crippen LogP contribution in [0.4, 0.5) is 5.69 Å². The summed E-state index contributed by atoms with van der Waals surface area (Å²) in [5.74, 6) is -0.407. The first-order chi connectivity index (χ1) is 13.7. The Hall–Kier alpha value is -2.78. The van der Waals surface area contributed by atoms with Gasteiger partial charge < -0.3 is 19.5 Å². The summed E-state index contributed by atoms with van der Waals surface area (Å²) in [5, 5.41) is 2.58. The fourth-order valence-corrected chi connectivity index (χ4v) is 3.33. The average molecular weight is 440 g/mol. The number of hydrogen-bond donors (Lipinski definition) is 1. The molecule has 8 nitrogen and oxygen atoms in total.